The number of hydrogen-bond donors (Lipinski definition) is 0. The number of aromatic nitrogens is 1. The quantitative estimate of drug-likeness (QED) is 0.797. The molecule has 0 saturated heterocycles. The van der Waals surface area contributed by atoms with Crippen LogP contribution < -0.4 is 0 Å². The largest absolute Gasteiger partial charge is 0.300 e. The summed E-state index contributed by atoms with van der Waals surface area (Å²) in [5, 5.41) is 2.45. The van der Waals surface area contributed by atoms with Crippen molar-refractivity contribution in [2.75, 3.05) is 0 Å². The van der Waals surface area contributed by atoms with Crippen LogP contribution in [0.25, 0.3) is 16.8 Å². The molecule has 1 atom stereocenters. The molecule has 1 heterocycles. The molecule has 3 rings (SSSR count). The first-order valence-electron chi connectivity index (χ1n) is 7.69. The Bertz CT molecular complexity index is 715. The molecule has 0 radical (unpaired) electrons. The van der Waals surface area contributed by atoms with Crippen LogP contribution in [0.5, 0.6) is 0 Å². The minimum absolute atomic E-state index is 0.215. The number of nitrogens with zero attached hydrogens (tertiary/aromatic N) is 1. The molecule has 2 nitrogen and oxygen atoms in total. The Balaban J connectivity index is 1.90. The van der Waals surface area contributed by atoms with E-state index in [2.05, 4.69) is 42.2 Å². The second-order valence-electron chi connectivity index (χ2n) is 6.11. The minimum Gasteiger partial charge on any atom is -0.300 e. The zero-order chi connectivity index (χ0) is 14.8. The van der Waals surface area contributed by atoms with Gasteiger partial charge in [-0.05, 0) is 62.6 Å². The predicted molar refractivity (Wildman–Crippen MR) is 87.1 cm³/mol. The van der Waals surface area contributed by atoms with Crippen molar-refractivity contribution in [3.8, 4) is 0 Å². The van der Waals surface area contributed by atoms with Crippen molar-refractivity contribution in [1.29, 1.82) is 0 Å². The smallest absolute Gasteiger partial charge is 0.133 e. The minimum atomic E-state index is 0.215. The number of carbonyl (C=O) groups is 1. The van der Waals surface area contributed by atoms with Crippen LogP contribution >= 0.6 is 0 Å². The van der Waals surface area contributed by atoms with Gasteiger partial charge in [0.2, 0.25) is 0 Å². The van der Waals surface area contributed by atoms with E-state index in [9.17, 15) is 4.79 Å². The number of rotatable bonds is 2. The number of fused-ring (bicyclic) bond motifs is 1. The molecule has 0 bridgehead atoms. The van der Waals surface area contributed by atoms with Crippen LogP contribution in [0.2, 0.25) is 0 Å². The second kappa shape index (κ2) is 5.80. The Hall–Kier alpha value is -1.96. The maximum atomic E-state index is 11.6. The number of benzene rings is 1. The fourth-order valence-electron chi connectivity index (χ4n) is 3.20. The van der Waals surface area contributed by atoms with Crippen LogP contribution in [-0.4, -0.2) is 10.8 Å². The average Bonchev–Trinajstić information content (AvgIpc) is 2.47. The zero-order valence-corrected chi connectivity index (χ0v) is 12.7. The van der Waals surface area contributed by atoms with Crippen molar-refractivity contribution in [3.63, 3.8) is 0 Å². The van der Waals surface area contributed by atoms with Crippen molar-refractivity contribution in [2.45, 2.75) is 39.5 Å². The third kappa shape index (κ3) is 3.05. The number of hydrogen-bond acceptors (Lipinski definition) is 2. The van der Waals surface area contributed by atoms with Crippen molar-refractivity contribution in [3.05, 3.63) is 47.3 Å². The van der Waals surface area contributed by atoms with Gasteiger partial charge in [0.15, 0.2) is 0 Å². The topological polar surface area (TPSA) is 30.0 Å². The summed E-state index contributed by atoms with van der Waals surface area (Å²) in [4.78, 5) is 16.1. The normalized spacial score (nSPS) is 20.9. The number of aryl methyl sites for hydroxylation is 1. The van der Waals surface area contributed by atoms with Gasteiger partial charge in [-0.25, -0.2) is 0 Å². The van der Waals surface area contributed by atoms with E-state index < -0.39 is 0 Å². The van der Waals surface area contributed by atoms with E-state index in [-0.39, 0.29) is 5.92 Å². The molecule has 108 valence electrons. The maximum Gasteiger partial charge on any atom is 0.133 e. The summed E-state index contributed by atoms with van der Waals surface area (Å²) in [6, 6.07) is 8.47. The molecule has 1 aromatic heterocycles. The van der Waals surface area contributed by atoms with E-state index in [1.165, 1.54) is 21.9 Å². The first-order valence-corrected chi connectivity index (χ1v) is 7.69. The van der Waals surface area contributed by atoms with Crippen LogP contribution in [0.15, 0.2) is 36.0 Å². The Labute approximate surface area is 125 Å². The SMILES string of the molecule is CC(=O)[C@H]1CCC/C(=C/c2cc3cccc(C)c3cn2)C1. The first kappa shape index (κ1) is 14.0. The van der Waals surface area contributed by atoms with Gasteiger partial charge in [0, 0.05) is 17.5 Å². The molecule has 0 aliphatic heterocycles. The second-order valence-corrected chi connectivity index (χ2v) is 6.11. The highest BCUT2D eigenvalue weighted by Gasteiger charge is 2.20. The van der Waals surface area contributed by atoms with Crippen molar-refractivity contribution in [1.82, 2.24) is 4.98 Å². The Kier molecular flexibility index (Phi) is 3.87. The summed E-state index contributed by atoms with van der Waals surface area (Å²) >= 11 is 0. The summed E-state index contributed by atoms with van der Waals surface area (Å²) in [5.41, 5.74) is 3.63. The van der Waals surface area contributed by atoms with E-state index in [1.807, 2.05) is 6.20 Å². The molecule has 0 spiro atoms. The third-order valence-corrected chi connectivity index (χ3v) is 4.49. The van der Waals surface area contributed by atoms with Crippen molar-refractivity contribution >= 4 is 22.6 Å². The van der Waals surface area contributed by atoms with Crippen LogP contribution in [0, 0.1) is 12.8 Å². The number of pyridine rings is 1. The molecule has 21 heavy (non-hydrogen) atoms. The molecule has 0 amide bonds. The predicted octanol–water partition coefficient (Wildman–Crippen LogP) is 4.71. The summed E-state index contributed by atoms with van der Waals surface area (Å²) < 4.78 is 0. The maximum absolute atomic E-state index is 11.6. The summed E-state index contributed by atoms with van der Waals surface area (Å²) in [6.07, 6.45) is 8.29. The third-order valence-electron chi connectivity index (χ3n) is 4.49. The molecule has 2 heteroatoms. The standard InChI is InChI=1S/C19H21NO/c1-13-5-3-8-17-11-18(20-12-19(13)17)10-15-6-4-7-16(9-15)14(2)21/h3,5,8,10-12,16H,4,6-7,9H2,1-2H3/b15-10-/t16-/m0/s1. The van der Waals surface area contributed by atoms with Crippen molar-refractivity contribution in [2.24, 2.45) is 5.92 Å². The molecule has 1 aliphatic rings. The Morgan fingerprint density at radius 2 is 2.24 bits per heavy atom. The van der Waals surface area contributed by atoms with Gasteiger partial charge < -0.3 is 0 Å². The van der Waals surface area contributed by atoms with Gasteiger partial charge in [-0.15, -0.1) is 0 Å². The molecule has 1 aliphatic carbocycles. The molecular weight excluding hydrogens is 258 g/mol. The summed E-state index contributed by atoms with van der Waals surface area (Å²) in [7, 11) is 0. The molecule has 0 N–H and O–H groups in total. The van der Waals surface area contributed by atoms with Gasteiger partial charge in [0.25, 0.3) is 0 Å². The number of allylic oxidation sites excluding steroid dienone is 1. The number of Topliss-reactive ketones (excluding diaryl/α,β-unsaturated/α-hetero) is 1. The lowest BCUT2D eigenvalue weighted by Crippen LogP contribution is -2.15. The highest BCUT2D eigenvalue weighted by Crippen LogP contribution is 2.30. The highest BCUT2D eigenvalue weighted by atomic mass is 16.1. The van der Waals surface area contributed by atoms with E-state index in [4.69, 9.17) is 0 Å². The molecule has 1 aromatic carbocycles. The monoisotopic (exact) mass is 279 g/mol. The van der Waals surface area contributed by atoms with E-state index in [0.29, 0.717) is 5.78 Å². The van der Waals surface area contributed by atoms with Crippen LogP contribution in [0.3, 0.4) is 0 Å². The number of carbonyl (C=O) groups excluding carboxylic acids is 1. The Morgan fingerprint density at radius 3 is 3.05 bits per heavy atom. The summed E-state index contributed by atoms with van der Waals surface area (Å²) in [6.45, 7) is 3.82. The average molecular weight is 279 g/mol. The molecule has 1 fully saturated rings. The van der Waals surface area contributed by atoms with Crippen molar-refractivity contribution < 1.29 is 4.79 Å². The fraction of sp³-hybridized carbons (Fsp3) is 0.368. The lowest BCUT2D eigenvalue weighted by molar-refractivity contribution is -0.121. The van der Waals surface area contributed by atoms with Gasteiger partial charge in [0.1, 0.15) is 5.78 Å². The lowest BCUT2D eigenvalue weighted by atomic mass is 9.83. The van der Waals surface area contributed by atoms with Gasteiger partial charge >= 0.3 is 0 Å². The molecule has 0 unspecified atom stereocenters. The summed E-state index contributed by atoms with van der Waals surface area (Å²) in [5.74, 6) is 0.537. The lowest BCUT2D eigenvalue weighted by Gasteiger charge is -2.21. The molecular formula is C19H21NO. The van der Waals surface area contributed by atoms with Gasteiger partial charge in [-0.1, -0.05) is 23.8 Å². The van der Waals surface area contributed by atoms with E-state index in [1.54, 1.807) is 6.92 Å². The van der Waals surface area contributed by atoms with Gasteiger partial charge in [-0.2, -0.15) is 0 Å². The first-order chi connectivity index (χ1) is 10.1. The van der Waals surface area contributed by atoms with Gasteiger partial charge in [0.05, 0.1) is 5.69 Å². The highest BCUT2D eigenvalue weighted by molar-refractivity contribution is 5.86. The molecule has 1 saturated carbocycles. The Morgan fingerprint density at radius 1 is 1.38 bits per heavy atom. The zero-order valence-electron chi connectivity index (χ0n) is 12.7. The van der Waals surface area contributed by atoms with Crippen LogP contribution in [-0.2, 0) is 4.79 Å². The fourth-order valence-corrected chi connectivity index (χ4v) is 3.20. The van der Waals surface area contributed by atoms with E-state index >= 15 is 0 Å². The van der Waals surface area contributed by atoms with Crippen LogP contribution in [0.4, 0.5) is 0 Å². The van der Waals surface area contributed by atoms with E-state index in [0.717, 1.165) is 31.4 Å². The van der Waals surface area contributed by atoms with Gasteiger partial charge in [-0.3, -0.25) is 9.78 Å². The van der Waals surface area contributed by atoms with Crippen LogP contribution in [0.1, 0.15) is 43.9 Å². The number of ketones is 1. The molecule has 2 aromatic rings.